The molecule has 202 valence electrons. The predicted molar refractivity (Wildman–Crippen MR) is 153 cm³/mol. The Balaban J connectivity index is 1.42. The van der Waals surface area contributed by atoms with Crippen LogP contribution in [0, 0.1) is 0 Å². The lowest BCUT2D eigenvalue weighted by molar-refractivity contribution is -0.137. The van der Waals surface area contributed by atoms with Crippen LogP contribution in [0.2, 0.25) is 0 Å². The second-order valence-electron chi connectivity index (χ2n) is 9.90. The molecule has 1 atom stereocenters. The molecule has 0 saturated heterocycles. The first-order valence-electron chi connectivity index (χ1n) is 13.5. The Kier molecular flexibility index (Phi) is 8.30. The second-order valence-corrected chi connectivity index (χ2v) is 9.90. The molecule has 1 aromatic heterocycles. The van der Waals surface area contributed by atoms with Crippen LogP contribution in [-0.2, 0) is 17.6 Å². The fourth-order valence-corrected chi connectivity index (χ4v) is 5.29. The monoisotopic (exact) mass is 533 g/mol. The standard InChI is InChI=1S/C33H31N3O4/c37-31(38)18-22-36(21-17-23-15-19-34-20-16-23)33(40)29-12-6-4-10-27(29)26-9-3-5-11-28(26)32(39)35-30-14-13-24-7-1-2-8-25(24)30/h1-12,15-16,19-20,30H,13-14,17-18,21-22H2,(H,35,39)(H,37,38). The summed E-state index contributed by atoms with van der Waals surface area (Å²) in [5, 5.41) is 12.5. The van der Waals surface area contributed by atoms with Gasteiger partial charge in [-0.25, -0.2) is 0 Å². The Hall–Kier alpha value is -4.78. The van der Waals surface area contributed by atoms with Crippen LogP contribution in [0.4, 0.5) is 0 Å². The van der Waals surface area contributed by atoms with Crippen LogP contribution in [0.1, 0.15) is 56.3 Å². The SMILES string of the molecule is O=C(O)CCN(CCc1ccncc1)C(=O)c1ccccc1-c1ccccc1C(=O)NC1CCc2ccccc21. The second kappa shape index (κ2) is 12.4. The van der Waals surface area contributed by atoms with E-state index >= 15 is 0 Å². The normalized spacial score (nSPS) is 13.8. The Morgan fingerprint density at radius 1 is 0.825 bits per heavy atom. The number of aryl methyl sites for hydroxylation is 1. The zero-order chi connectivity index (χ0) is 27.9. The Morgan fingerprint density at radius 3 is 2.23 bits per heavy atom. The van der Waals surface area contributed by atoms with Gasteiger partial charge in [0.15, 0.2) is 0 Å². The summed E-state index contributed by atoms with van der Waals surface area (Å²) in [5.74, 6) is -1.43. The summed E-state index contributed by atoms with van der Waals surface area (Å²) in [6.45, 7) is 0.435. The molecule has 0 aliphatic heterocycles. The summed E-state index contributed by atoms with van der Waals surface area (Å²) >= 11 is 0. The average molecular weight is 534 g/mol. The van der Waals surface area contributed by atoms with Crippen molar-refractivity contribution < 1.29 is 19.5 Å². The first kappa shape index (κ1) is 26.8. The third-order valence-electron chi connectivity index (χ3n) is 7.36. The summed E-state index contributed by atoms with van der Waals surface area (Å²) in [6.07, 6.45) is 5.56. The lowest BCUT2D eigenvalue weighted by atomic mass is 9.94. The van der Waals surface area contributed by atoms with E-state index in [-0.39, 0.29) is 30.8 Å². The van der Waals surface area contributed by atoms with Gasteiger partial charge in [0.2, 0.25) is 0 Å². The smallest absolute Gasteiger partial charge is 0.305 e. The number of carboxylic acid groups (broad SMARTS) is 1. The van der Waals surface area contributed by atoms with E-state index in [2.05, 4.69) is 22.4 Å². The van der Waals surface area contributed by atoms with Gasteiger partial charge in [-0.1, -0.05) is 60.7 Å². The van der Waals surface area contributed by atoms with Crippen LogP contribution >= 0.6 is 0 Å². The summed E-state index contributed by atoms with van der Waals surface area (Å²) < 4.78 is 0. The van der Waals surface area contributed by atoms with Gasteiger partial charge in [-0.15, -0.1) is 0 Å². The third kappa shape index (κ3) is 6.10. The maximum Gasteiger partial charge on any atom is 0.305 e. The van der Waals surface area contributed by atoms with Crippen molar-refractivity contribution in [3.8, 4) is 11.1 Å². The van der Waals surface area contributed by atoms with Crippen molar-refractivity contribution in [2.24, 2.45) is 0 Å². The van der Waals surface area contributed by atoms with Crippen LogP contribution in [-0.4, -0.2) is 45.9 Å². The van der Waals surface area contributed by atoms with E-state index in [1.54, 1.807) is 35.5 Å². The number of nitrogens with one attached hydrogen (secondary N) is 1. The number of amides is 2. The lowest BCUT2D eigenvalue weighted by Crippen LogP contribution is -2.35. The van der Waals surface area contributed by atoms with E-state index in [0.717, 1.165) is 24.0 Å². The van der Waals surface area contributed by atoms with Crippen LogP contribution in [0.15, 0.2) is 97.3 Å². The van der Waals surface area contributed by atoms with E-state index in [1.807, 2.05) is 54.6 Å². The zero-order valence-electron chi connectivity index (χ0n) is 22.1. The van der Waals surface area contributed by atoms with Gasteiger partial charge < -0.3 is 15.3 Å². The summed E-state index contributed by atoms with van der Waals surface area (Å²) in [5.41, 5.74) is 5.61. The fraction of sp³-hybridized carbons (Fsp3) is 0.212. The molecule has 1 aliphatic rings. The van der Waals surface area contributed by atoms with Gasteiger partial charge >= 0.3 is 5.97 Å². The molecule has 2 N–H and O–H groups in total. The van der Waals surface area contributed by atoms with Crippen molar-refractivity contribution in [3.05, 3.63) is 125 Å². The molecule has 0 spiro atoms. The molecule has 0 radical (unpaired) electrons. The highest BCUT2D eigenvalue weighted by Crippen LogP contribution is 2.33. The highest BCUT2D eigenvalue weighted by Gasteiger charge is 2.26. The molecular weight excluding hydrogens is 502 g/mol. The van der Waals surface area contributed by atoms with E-state index in [1.165, 1.54) is 5.56 Å². The first-order valence-corrected chi connectivity index (χ1v) is 13.5. The summed E-state index contributed by atoms with van der Waals surface area (Å²) in [7, 11) is 0. The fourth-order valence-electron chi connectivity index (χ4n) is 5.29. The van der Waals surface area contributed by atoms with E-state index in [9.17, 15) is 19.5 Å². The van der Waals surface area contributed by atoms with Gasteiger partial charge in [0.05, 0.1) is 12.5 Å². The molecule has 0 saturated carbocycles. The van der Waals surface area contributed by atoms with Gasteiger partial charge in [0.25, 0.3) is 11.8 Å². The van der Waals surface area contributed by atoms with E-state index in [4.69, 9.17) is 0 Å². The zero-order valence-corrected chi connectivity index (χ0v) is 22.1. The first-order chi connectivity index (χ1) is 19.5. The summed E-state index contributed by atoms with van der Waals surface area (Å²) in [4.78, 5) is 44.5. The molecule has 1 unspecified atom stereocenters. The van der Waals surface area contributed by atoms with Crippen molar-refractivity contribution >= 4 is 17.8 Å². The molecule has 3 aromatic carbocycles. The minimum atomic E-state index is -0.967. The lowest BCUT2D eigenvalue weighted by Gasteiger charge is -2.24. The van der Waals surface area contributed by atoms with Crippen molar-refractivity contribution in [2.45, 2.75) is 31.7 Å². The number of hydrogen-bond donors (Lipinski definition) is 2. The van der Waals surface area contributed by atoms with E-state index in [0.29, 0.717) is 35.2 Å². The number of aliphatic carboxylic acids is 1. The van der Waals surface area contributed by atoms with Gasteiger partial charge in [0, 0.05) is 36.6 Å². The minimum Gasteiger partial charge on any atom is -0.481 e. The van der Waals surface area contributed by atoms with Gasteiger partial charge in [0.1, 0.15) is 0 Å². The molecule has 7 heteroatoms. The number of pyridine rings is 1. The highest BCUT2D eigenvalue weighted by atomic mass is 16.4. The number of carbonyl (C=O) groups excluding carboxylic acids is 2. The number of carboxylic acids is 1. The molecule has 1 heterocycles. The molecule has 4 aromatic rings. The van der Waals surface area contributed by atoms with Crippen molar-refractivity contribution in [1.29, 1.82) is 0 Å². The molecule has 5 rings (SSSR count). The van der Waals surface area contributed by atoms with Gasteiger partial charge in [-0.05, 0) is 71.3 Å². The number of rotatable bonds is 10. The maximum atomic E-state index is 13.9. The largest absolute Gasteiger partial charge is 0.481 e. The van der Waals surface area contributed by atoms with Crippen molar-refractivity contribution in [3.63, 3.8) is 0 Å². The number of aromatic nitrogens is 1. The van der Waals surface area contributed by atoms with Crippen LogP contribution in [0.25, 0.3) is 11.1 Å². The maximum absolute atomic E-state index is 13.9. The van der Waals surface area contributed by atoms with Gasteiger partial charge in [-0.3, -0.25) is 19.4 Å². The Labute approximate surface area is 233 Å². The van der Waals surface area contributed by atoms with Gasteiger partial charge in [-0.2, -0.15) is 0 Å². The topological polar surface area (TPSA) is 99.6 Å². The average Bonchev–Trinajstić information content (AvgIpc) is 3.40. The van der Waals surface area contributed by atoms with Crippen LogP contribution in [0.3, 0.4) is 0 Å². The molecular formula is C33H31N3O4. The third-order valence-corrected chi connectivity index (χ3v) is 7.36. The Bertz CT molecular complexity index is 1520. The number of fused-ring (bicyclic) bond motifs is 1. The molecule has 0 fully saturated rings. The number of hydrogen-bond acceptors (Lipinski definition) is 4. The molecule has 1 aliphatic carbocycles. The van der Waals surface area contributed by atoms with Crippen molar-refractivity contribution in [2.75, 3.05) is 13.1 Å². The number of carbonyl (C=O) groups is 3. The van der Waals surface area contributed by atoms with E-state index < -0.39 is 5.97 Å². The Morgan fingerprint density at radius 2 is 1.48 bits per heavy atom. The number of benzene rings is 3. The van der Waals surface area contributed by atoms with Crippen LogP contribution in [0.5, 0.6) is 0 Å². The molecule has 7 nitrogen and oxygen atoms in total. The molecule has 40 heavy (non-hydrogen) atoms. The minimum absolute atomic E-state index is 0.0617. The molecule has 2 amide bonds. The highest BCUT2D eigenvalue weighted by molar-refractivity contribution is 6.06. The number of nitrogens with zero attached hydrogens (tertiary/aromatic N) is 2. The van der Waals surface area contributed by atoms with Crippen molar-refractivity contribution in [1.82, 2.24) is 15.2 Å². The van der Waals surface area contributed by atoms with Crippen LogP contribution < -0.4 is 5.32 Å². The molecule has 0 bridgehead atoms. The quantitative estimate of drug-likeness (QED) is 0.287. The predicted octanol–water partition coefficient (Wildman–Crippen LogP) is 5.33. The summed E-state index contributed by atoms with van der Waals surface area (Å²) in [6, 6.07) is 26.4.